The van der Waals surface area contributed by atoms with Crippen molar-refractivity contribution in [3.63, 3.8) is 0 Å². The van der Waals surface area contributed by atoms with Crippen LogP contribution in [0.2, 0.25) is 5.02 Å². The van der Waals surface area contributed by atoms with Crippen molar-refractivity contribution in [3.05, 3.63) is 40.3 Å². The SMILES string of the molecule is C=CCN(CC)S(=O)(=O)c1c[nH]c(=O)c(Cl)c1. The standard InChI is InChI=1S/C10H13ClN2O3S/c1-3-5-13(4-2)17(15,16)8-6-9(11)10(14)12-7-8/h3,6-7H,1,4-5H2,2H3,(H,12,14). The Balaban J connectivity index is 3.24. The van der Waals surface area contributed by atoms with Crippen LogP contribution in [-0.4, -0.2) is 30.8 Å². The van der Waals surface area contributed by atoms with E-state index in [0.29, 0.717) is 6.54 Å². The van der Waals surface area contributed by atoms with E-state index in [2.05, 4.69) is 11.6 Å². The van der Waals surface area contributed by atoms with Gasteiger partial charge in [0.25, 0.3) is 5.56 Å². The van der Waals surface area contributed by atoms with Gasteiger partial charge in [-0.05, 0) is 6.07 Å². The number of aromatic amines is 1. The number of pyridine rings is 1. The van der Waals surface area contributed by atoms with Crippen molar-refractivity contribution in [2.75, 3.05) is 13.1 Å². The first-order valence-electron chi connectivity index (χ1n) is 4.92. The highest BCUT2D eigenvalue weighted by atomic mass is 35.5. The molecule has 1 N–H and O–H groups in total. The van der Waals surface area contributed by atoms with Gasteiger partial charge in [0.2, 0.25) is 10.0 Å². The summed E-state index contributed by atoms with van der Waals surface area (Å²) < 4.78 is 25.5. The largest absolute Gasteiger partial charge is 0.326 e. The topological polar surface area (TPSA) is 70.2 Å². The van der Waals surface area contributed by atoms with E-state index in [0.717, 1.165) is 12.3 Å². The van der Waals surface area contributed by atoms with Gasteiger partial charge in [-0.2, -0.15) is 4.31 Å². The zero-order chi connectivity index (χ0) is 13.1. The van der Waals surface area contributed by atoms with E-state index in [9.17, 15) is 13.2 Å². The van der Waals surface area contributed by atoms with E-state index in [1.807, 2.05) is 0 Å². The van der Waals surface area contributed by atoms with E-state index < -0.39 is 15.6 Å². The molecule has 0 atom stereocenters. The summed E-state index contributed by atoms with van der Waals surface area (Å²) in [6.45, 7) is 5.73. The Kier molecular flexibility index (Phi) is 4.50. The minimum atomic E-state index is -3.65. The van der Waals surface area contributed by atoms with Crippen LogP contribution in [0.25, 0.3) is 0 Å². The maximum absolute atomic E-state index is 12.1. The minimum absolute atomic E-state index is 0.0363. The highest BCUT2D eigenvalue weighted by Crippen LogP contribution is 2.16. The molecule has 0 radical (unpaired) electrons. The fourth-order valence-electron chi connectivity index (χ4n) is 1.28. The van der Waals surface area contributed by atoms with Gasteiger partial charge in [0.1, 0.15) is 5.02 Å². The number of hydrogen-bond donors (Lipinski definition) is 1. The fraction of sp³-hybridized carbons (Fsp3) is 0.300. The summed E-state index contributed by atoms with van der Waals surface area (Å²) in [5.41, 5.74) is -0.516. The lowest BCUT2D eigenvalue weighted by Gasteiger charge is -2.18. The number of sulfonamides is 1. The summed E-state index contributed by atoms with van der Waals surface area (Å²) >= 11 is 5.60. The Bertz CT molecular complexity index is 565. The Morgan fingerprint density at radius 2 is 2.24 bits per heavy atom. The molecule has 0 saturated carbocycles. The van der Waals surface area contributed by atoms with Crippen LogP contribution in [0.5, 0.6) is 0 Å². The molecule has 0 aromatic carbocycles. The van der Waals surface area contributed by atoms with Gasteiger partial charge in [0.15, 0.2) is 0 Å². The van der Waals surface area contributed by atoms with Crippen LogP contribution < -0.4 is 5.56 Å². The molecule has 7 heteroatoms. The average molecular weight is 277 g/mol. The van der Waals surface area contributed by atoms with Gasteiger partial charge >= 0.3 is 0 Å². The second-order valence-electron chi connectivity index (χ2n) is 3.26. The molecule has 0 spiro atoms. The van der Waals surface area contributed by atoms with E-state index in [4.69, 9.17) is 11.6 Å². The number of likely N-dealkylation sites (N-methyl/N-ethyl adjacent to an activating group) is 1. The molecule has 1 aromatic rings. The number of nitrogens with zero attached hydrogens (tertiary/aromatic N) is 1. The Morgan fingerprint density at radius 3 is 2.71 bits per heavy atom. The quantitative estimate of drug-likeness (QED) is 0.822. The second kappa shape index (κ2) is 5.48. The van der Waals surface area contributed by atoms with Crippen LogP contribution >= 0.6 is 11.6 Å². The summed E-state index contributed by atoms with van der Waals surface area (Å²) in [4.78, 5) is 13.3. The number of hydrogen-bond acceptors (Lipinski definition) is 3. The van der Waals surface area contributed by atoms with Crippen LogP contribution in [0, 0.1) is 0 Å². The third kappa shape index (κ3) is 2.96. The maximum atomic E-state index is 12.1. The Morgan fingerprint density at radius 1 is 1.59 bits per heavy atom. The number of nitrogens with one attached hydrogen (secondary N) is 1. The molecule has 0 bridgehead atoms. The van der Waals surface area contributed by atoms with Crippen LogP contribution in [-0.2, 0) is 10.0 Å². The molecule has 1 heterocycles. The van der Waals surface area contributed by atoms with Crippen LogP contribution in [0.4, 0.5) is 0 Å². The molecule has 1 aromatic heterocycles. The molecular weight excluding hydrogens is 264 g/mol. The third-order valence-corrected chi connectivity index (χ3v) is 4.35. The van der Waals surface area contributed by atoms with Crippen molar-refractivity contribution in [2.45, 2.75) is 11.8 Å². The highest BCUT2D eigenvalue weighted by Gasteiger charge is 2.22. The number of aromatic nitrogens is 1. The van der Waals surface area contributed by atoms with Gasteiger partial charge in [0, 0.05) is 19.3 Å². The summed E-state index contributed by atoms with van der Waals surface area (Å²) in [5, 5.41) is -0.152. The fourth-order valence-corrected chi connectivity index (χ4v) is 2.93. The molecule has 0 amide bonds. The third-order valence-electron chi connectivity index (χ3n) is 2.15. The number of H-pyrrole nitrogens is 1. The highest BCUT2D eigenvalue weighted by molar-refractivity contribution is 7.89. The normalized spacial score (nSPS) is 11.7. The van der Waals surface area contributed by atoms with Gasteiger partial charge < -0.3 is 4.98 Å². The van der Waals surface area contributed by atoms with Crippen molar-refractivity contribution in [1.82, 2.24) is 9.29 Å². The van der Waals surface area contributed by atoms with E-state index in [1.54, 1.807) is 6.92 Å². The van der Waals surface area contributed by atoms with Crippen molar-refractivity contribution in [1.29, 1.82) is 0 Å². The van der Waals surface area contributed by atoms with Gasteiger partial charge in [-0.1, -0.05) is 24.6 Å². The predicted octanol–water partition coefficient (Wildman–Crippen LogP) is 1.22. The zero-order valence-electron chi connectivity index (χ0n) is 9.31. The molecule has 0 aliphatic rings. The summed E-state index contributed by atoms with van der Waals surface area (Å²) in [6.07, 6.45) is 2.63. The van der Waals surface area contributed by atoms with Crippen molar-refractivity contribution in [3.8, 4) is 0 Å². The monoisotopic (exact) mass is 276 g/mol. The molecule has 1 rings (SSSR count). The summed E-state index contributed by atoms with van der Waals surface area (Å²) in [7, 11) is -3.65. The smallest absolute Gasteiger partial charge is 0.266 e. The molecular formula is C10H13ClN2O3S. The maximum Gasteiger partial charge on any atom is 0.266 e. The van der Waals surface area contributed by atoms with E-state index in [-0.39, 0.29) is 16.5 Å². The van der Waals surface area contributed by atoms with Crippen molar-refractivity contribution < 1.29 is 8.42 Å². The first-order chi connectivity index (χ1) is 7.93. The second-order valence-corrected chi connectivity index (χ2v) is 5.60. The molecule has 94 valence electrons. The van der Waals surface area contributed by atoms with Crippen LogP contribution in [0.3, 0.4) is 0 Å². The number of halogens is 1. The molecule has 5 nitrogen and oxygen atoms in total. The average Bonchev–Trinajstić information content (AvgIpc) is 2.29. The van der Waals surface area contributed by atoms with Crippen molar-refractivity contribution >= 4 is 21.6 Å². The van der Waals surface area contributed by atoms with Gasteiger partial charge in [-0.3, -0.25) is 4.79 Å². The predicted molar refractivity (Wildman–Crippen MR) is 66.7 cm³/mol. The molecule has 0 saturated heterocycles. The Hall–Kier alpha value is -1.11. The Labute approximate surface area is 105 Å². The van der Waals surface area contributed by atoms with Crippen molar-refractivity contribution in [2.24, 2.45) is 0 Å². The first-order valence-corrected chi connectivity index (χ1v) is 6.74. The molecule has 0 fully saturated rings. The van der Waals surface area contributed by atoms with Crippen LogP contribution in [0.15, 0.2) is 34.6 Å². The minimum Gasteiger partial charge on any atom is -0.326 e. The lowest BCUT2D eigenvalue weighted by molar-refractivity contribution is 0.459. The molecule has 0 unspecified atom stereocenters. The molecule has 17 heavy (non-hydrogen) atoms. The molecule has 0 aliphatic heterocycles. The number of rotatable bonds is 5. The summed E-state index contributed by atoms with van der Waals surface area (Å²) in [6, 6.07) is 1.14. The van der Waals surface area contributed by atoms with Gasteiger partial charge in [-0.15, -0.1) is 6.58 Å². The van der Waals surface area contributed by atoms with Gasteiger partial charge in [-0.25, -0.2) is 8.42 Å². The van der Waals surface area contributed by atoms with Gasteiger partial charge in [0.05, 0.1) is 4.90 Å². The molecule has 0 aliphatic carbocycles. The van der Waals surface area contributed by atoms with E-state index in [1.165, 1.54) is 10.4 Å². The summed E-state index contributed by atoms with van der Waals surface area (Å²) in [5.74, 6) is 0. The lowest BCUT2D eigenvalue weighted by atomic mass is 10.5. The zero-order valence-corrected chi connectivity index (χ0v) is 10.9. The van der Waals surface area contributed by atoms with Crippen LogP contribution in [0.1, 0.15) is 6.92 Å². The first kappa shape index (κ1) is 14.0. The van der Waals surface area contributed by atoms with E-state index >= 15 is 0 Å². The lowest BCUT2D eigenvalue weighted by Crippen LogP contribution is -2.31.